The number of sulfonamides is 1. The Morgan fingerprint density at radius 3 is 2.55 bits per heavy atom. The summed E-state index contributed by atoms with van der Waals surface area (Å²) in [5.74, 6) is 0.115. The zero-order valence-electron chi connectivity index (χ0n) is 10.9. The van der Waals surface area contributed by atoms with Crippen LogP contribution in [0.1, 0.15) is 12.8 Å². The Morgan fingerprint density at radius 1 is 1.25 bits per heavy atom. The lowest BCUT2D eigenvalue weighted by atomic mass is 10.0. The van der Waals surface area contributed by atoms with Crippen molar-refractivity contribution in [2.75, 3.05) is 13.2 Å². The van der Waals surface area contributed by atoms with Crippen LogP contribution in [0.5, 0.6) is 0 Å². The van der Waals surface area contributed by atoms with Gasteiger partial charge in [-0.1, -0.05) is 6.07 Å². The van der Waals surface area contributed by atoms with Gasteiger partial charge in [-0.25, -0.2) is 9.71 Å². The maximum atomic E-state index is 12.1. The van der Waals surface area contributed by atoms with Crippen LogP contribution in [-0.2, 0) is 19.6 Å². The molecule has 1 saturated carbocycles. The summed E-state index contributed by atoms with van der Waals surface area (Å²) in [5.41, 5.74) is 0. The number of hydrogen-bond donors (Lipinski definition) is 1. The average molecular weight is 296 g/mol. The number of ether oxygens (including phenoxy) is 1. The predicted octanol–water partition coefficient (Wildman–Crippen LogP) is 0.559. The summed E-state index contributed by atoms with van der Waals surface area (Å²) in [7, 11) is -3.86. The molecule has 1 aromatic rings. The topological polar surface area (TPSA) is 85.4 Å². The average Bonchev–Trinajstić information content (AvgIpc) is 3.00. The standard InChI is InChI=1S/C13H16N2O4S/c16-13(9-5-10-7-19-8-11(10)6-9)15-20(17,18)12-3-1-2-4-14-12/h1-4,9-11H,5-8H2,(H,15,16)/t10-,11-/m1/s1. The first-order valence-corrected chi connectivity index (χ1v) is 8.10. The van der Waals surface area contributed by atoms with E-state index in [1.807, 2.05) is 0 Å². The summed E-state index contributed by atoms with van der Waals surface area (Å²) < 4.78 is 31.5. The number of carbonyl (C=O) groups excluding carboxylic acids is 1. The minimum Gasteiger partial charge on any atom is -0.381 e. The fraction of sp³-hybridized carbons (Fsp3) is 0.538. The van der Waals surface area contributed by atoms with E-state index in [-0.39, 0.29) is 10.9 Å². The van der Waals surface area contributed by atoms with Crippen LogP contribution in [0.15, 0.2) is 29.4 Å². The van der Waals surface area contributed by atoms with Crippen molar-refractivity contribution in [1.29, 1.82) is 0 Å². The minimum absolute atomic E-state index is 0.130. The highest BCUT2D eigenvalue weighted by molar-refractivity contribution is 7.90. The highest BCUT2D eigenvalue weighted by Gasteiger charge is 2.41. The summed E-state index contributed by atoms with van der Waals surface area (Å²) >= 11 is 0. The van der Waals surface area contributed by atoms with Gasteiger partial charge in [-0.15, -0.1) is 0 Å². The van der Waals surface area contributed by atoms with Crippen molar-refractivity contribution >= 4 is 15.9 Å². The molecule has 1 amide bonds. The van der Waals surface area contributed by atoms with Gasteiger partial charge >= 0.3 is 0 Å². The van der Waals surface area contributed by atoms with Crippen molar-refractivity contribution < 1.29 is 17.9 Å². The first-order valence-electron chi connectivity index (χ1n) is 6.62. The molecule has 1 saturated heterocycles. The van der Waals surface area contributed by atoms with Gasteiger partial charge in [0, 0.05) is 25.3 Å². The molecule has 2 aliphatic rings. The molecule has 20 heavy (non-hydrogen) atoms. The van der Waals surface area contributed by atoms with E-state index in [4.69, 9.17) is 4.74 Å². The number of pyridine rings is 1. The van der Waals surface area contributed by atoms with E-state index in [2.05, 4.69) is 9.71 Å². The van der Waals surface area contributed by atoms with Crippen LogP contribution < -0.4 is 4.72 Å². The van der Waals surface area contributed by atoms with Crippen molar-refractivity contribution in [1.82, 2.24) is 9.71 Å². The fourth-order valence-corrected chi connectivity index (χ4v) is 3.97. The van der Waals surface area contributed by atoms with Crippen LogP contribution in [0.4, 0.5) is 0 Å². The molecule has 7 heteroatoms. The van der Waals surface area contributed by atoms with Gasteiger partial charge in [-0.05, 0) is 36.8 Å². The SMILES string of the molecule is O=C(NS(=O)(=O)c1ccccn1)C1C[C@@H]2COC[C@H]2C1. The summed E-state index contributed by atoms with van der Waals surface area (Å²) in [6.45, 7) is 1.36. The molecule has 0 bridgehead atoms. The monoisotopic (exact) mass is 296 g/mol. The molecule has 0 aromatic carbocycles. The van der Waals surface area contributed by atoms with Crippen molar-refractivity contribution in [2.45, 2.75) is 17.9 Å². The Hall–Kier alpha value is -1.47. The van der Waals surface area contributed by atoms with Gasteiger partial charge in [0.15, 0.2) is 5.03 Å². The molecule has 1 aliphatic carbocycles. The number of nitrogens with one attached hydrogen (secondary N) is 1. The number of hydrogen-bond acceptors (Lipinski definition) is 5. The second kappa shape index (κ2) is 5.14. The fourth-order valence-electron chi connectivity index (χ4n) is 2.98. The Kier molecular flexibility index (Phi) is 3.47. The molecule has 108 valence electrons. The van der Waals surface area contributed by atoms with E-state index in [1.165, 1.54) is 12.3 Å². The van der Waals surface area contributed by atoms with Gasteiger partial charge < -0.3 is 4.74 Å². The molecular weight excluding hydrogens is 280 g/mol. The number of nitrogens with zero attached hydrogens (tertiary/aromatic N) is 1. The van der Waals surface area contributed by atoms with E-state index >= 15 is 0 Å². The molecule has 0 spiro atoms. The Balaban J connectivity index is 1.68. The largest absolute Gasteiger partial charge is 0.381 e. The summed E-state index contributed by atoms with van der Waals surface area (Å²) in [4.78, 5) is 15.9. The van der Waals surface area contributed by atoms with E-state index in [0.717, 1.165) is 0 Å². The van der Waals surface area contributed by atoms with Crippen LogP contribution in [0.3, 0.4) is 0 Å². The van der Waals surface area contributed by atoms with Crippen LogP contribution >= 0.6 is 0 Å². The van der Waals surface area contributed by atoms with Gasteiger partial charge in [0.1, 0.15) is 0 Å². The second-order valence-electron chi connectivity index (χ2n) is 5.36. The third kappa shape index (κ3) is 2.55. The first kappa shape index (κ1) is 13.5. The molecule has 0 unspecified atom stereocenters. The van der Waals surface area contributed by atoms with Crippen molar-refractivity contribution in [3.8, 4) is 0 Å². The molecule has 3 rings (SSSR count). The quantitative estimate of drug-likeness (QED) is 0.881. The maximum Gasteiger partial charge on any atom is 0.281 e. The zero-order chi connectivity index (χ0) is 14.2. The number of rotatable bonds is 3. The number of fused-ring (bicyclic) bond motifs is 1. The highest BCUT2D eigenvalue weighted by atomic mass is 32.2. The Bertz CT molecular complexity index is 590. The molecule has 2 fully saturated rings. The van der Waals surface area contributed by atoms with Crippen LogP contribution in [0.25, 0.3) is 0 Å². The first-order chi connectivity index (χ1) is 9.56. The Morgan fingerprint density at radius 2 is 1.95 bits per heavy atom. The molecule has 1 aliphatic heterocycles. The molecule has 2 atom stereocenters. The number of carbonyl (C=O) groups is 1. The normalized spacial score (nSPS) is 26.4. The van der Waals surface area contributed by atoms with Crippen LogP contribution in [-0.4, -0.2) is 32.5 Å². The lowest BCUT2D eigenvalue weighted by molar-refractivity contribution is -0.123. The zero-order valence-corrected chi connectivity index (χ0v) is 11.7. The van der Waals surface area contributed by atoms with Crippen LogP contribution in [0.2, 0.25) is 0 Å². The number of amides is 1. The Labute approximate surface area is 117 Å². The molecule has 1 aromatic heterocycles. The molecule has 6 nitrogen and oxygen atoms in total. The maximum absolute atomic E-state index is 12.1. The van der Waals surface area contributed by atoms with Crippen molar-refractivity contribution in [3.63, 3.8) is 0 Å². The van der Waals surface area contributed by atoms with E-state index in [9.17, 15) is 13.2 Å². The molecule has 0 radical (unpaired) electrons. The smallest absolute Gasteiger partial charge is 0.281 e. The van der Waals surface area contributed by atoms with Gasteiger partial charge in [-0.3, -0.25) is 4.79 Å². The van der Waals surface area contributed by atoms with Crippen molar-refractivity contribution in [3.05, 3.63) is 24.4 Å². The van der Waals surface area contributed by atoms with Crippen molar-refractivity contribution in [2.24, 2.45) is 17.8 Å². The minimum atomic E-state index is -3.86. The highest BCUT2D eigenvalue weighted by Crippen LogP contribution is 2.40. The third-order valence-electron chi connectivity index (χ3n) is 4.02. The van der Waals surface area contributed by atoms with Gasteiger partial charge in [0.05, 0.1) is 0 Å². The predicted molar refractivity (Wildman–Crippen MR) is 70.1 cm³/mol. The molecule has 2 heterocycles. The van der Waals surface area contributed by atoms with Gasteiger partial charge in [-0.2, -0.15) is 8.42 Å². The van der Waals surface area contributed by atoms with Gasteiger partial charge in [0.25, 0.3) is 10.0 Å². The van der Waals surface area contributed by atoms with E-state index < -0.39 is 15.9 Å². The summed E-state index contributed by atoms with van der Waals surface area (Å²) in [6.07, 6.45) is 2.79. The van der Waals surface area contributed by atoms with E-state index in [1.54, 1.807) is 12.1 Å². The van der Waals surface area contributed by atoms with Gasteiger partial charge in [0.2, 0.25) is 5.91 Å². The summed E-state index contributed by atoms with van der Waals surface area (Å²) in [5, 5.41) is -0.130. The lowest BCUT2D eigenvalue weighted by Crippen LogP contribution is -2.35. The summed E-state index contributed by atoms with van der Waals surface area (Å²) in [6, 6.07) is 4.56. The third-order valence-corrected chi connectivity index (χ3v) is 5.29. The van der Waals surface area contributed by atoms with Crippen LogP contribution in [0, 0.1) is 17.8 Å². The molecule has 1 N–H and O–H groups in total. The molecular formula is C13H16N2O4S. The number of aromatic nitrogens is 1. The lowest BCUT2D eigenvalue weighted by Gasteiger charge is -2.12. The second-order valence-corrected chi connectivity index (χ2v) is 6.99. The van der Waals surface area contributed by atoms with E-state index in [0.29, 0.717) is 37.9 Å².